The van der Waals surface area contributed by atoms with Gasteiger partial charge in [0, 0.05) is 6.42 Å². The maximum absolute atomic E-state index is 8.46. The largest absolute Gasteiger partial charge is 1.00 e. The molecule has 4 heteroatoms. The quantitative estimate of drug-likeness (QED) is 0.313. The zero-order valence-electron chi connectivity index (χ0n) is 6.71. The summed E-state index contributed by atoms with van der Waals surface area (Å²) >= 11 is 0. The van der Waals surface area contributed by atoms with Crippen LogP contribution in [0.2, 0.25) is 0 Å². The highest BCUT2D eigenvalue weighted by atomic mass is 127. The Bertz CT molecular complexity index is 80.3. The molecule has 0 aromatic rings. The van der Waals surface area contributed by atoms with Crippen LogP contribution < -0.4 is 24.0 Å². The van der Waals surface area contributed by atoms with Crippen LogP contribution in [0.15, 0.2) is 0 Å². The lowest BCUT2D eigenvalue weighted by molar-refractivity contribution is -0.871. The fourth-order valence-electron chi connectivity index (χ4n) is 0.503. The summed E-state index contributed by atoms with van der Waals surface area (Å²) in [5.74, 6) is 0. The first-order chi connectivity index (χ1) is 3.92. The maximum Gasteiger partial charge on any atom is 0.156 e. The van der Waals surface area contributed by atoms with Crippen molar-refractivity contribution >= 4 is 0 Å². The highest BCUT2D eigenvalue weighted by Gasteiger charge is 2.08. The topological polar surface area (TPSA) is 40.5 Å². The Hall–Kier alpha value is 0.610. The molecule has 0 aromatic carbocycles. The van der Waals surface area contributed by atoms with Crippen LogP contribution in [0.5, 0.6) is 0 Å². The van der Waals surface area contributed by atoms with Gasteiger partial charge in [0.05, 0.1) is 27.7 Å². The Morgan fingerprint density at radius 1 is 1.20 bits per heavy atom. The summed E-state index contributed by atoms with van der Waals surface area (Å²) in [5, 5.41) is 16.9. The second-order valence-electron chi connectivity index (χ2n) is 3.28. The smallest absolute Gasteiger partial charge is 0.156 e. The number of hydrogen-bond donors (Lipinski definition) is 2. The average molecular weight is 261 g/mol. The molecule has 0 unspecified atom stereocenters. The fraction of sp³-hybridized carbons (Fsp3) is 1.00. The SMILES string of the molecule is C[N+](C)(C)CCC(O)O.[I-]. The van der Waals surface area contributed by atoms with Crippen LogP contribution in [0.3, 0.4) is 0 Å². The van der Waals surface area contributed by atoms with Gasteiger partial charge in [0.15, 0.2) is 6.29 Å². The predicted octanol–water partition coefficient (Wildman–Crippen LogP) is -3.60. The third kappa shape index (κ3) is 11.4. The molecule has 3 nitrogen and oxygen atoms in total. The van der Waals surface area contributed by atoms with E-state index >= 15 is 0 Å². The second-order valence-corrected chi connectivity index (χ2v) is 3.28. The lowest BCUT2D eigenvalue weighted by Crippen LogP contribution is -3.00. The summed E-state index contributed by atoms with van der Waals surface area (Å²) in [5.41, 5.74) is 0. The normalized spacial score (nSPS) is 11.4. The third-order valence-corrected chi connectivity index (χ3v) is 1.06. The first kappa shape index (κ1) is 13.2. The molecule has 64 valence electrons. The molecule has 2 N–H and O–H groups in total. The zero-order chi connectivity index (χ0) is 7.49. The van der Waals surface area contributed by atoms with E-state index in [1.807, 2.05) is 21.1 Å². The van der Waals surface area contributed by atoms with E-state index in [0.717, 1.165) is 11.0 Å². The molecule has 0 bridgehead atoms. The minimum absolute atomic E-state index is 0. The summed E-state index contributed by atoms with van der Waals surface area (Å²) in [4.78, 5) is 0. The number of hydrogen-bond acceptors (Lipinski definition) is 2. The molecule has 0 heterocycles. The lowest BCUT2D eigenvalue weighted by Gasteiger charge is -2.23. The van der Waals surface area contributed by atoms with E-state index in [1.165, 1.54) is 0 Å². The molecular weight excluding hydrogens is 245 g/mol. The van der Waals surface area contributed by atoms with Gasteiger partial charge in [0.1, 0.15) is 0 Å². The van der Waals surface area contributed by atoms with Gasteiger partial charge in [-0.25, -0.2) is 0 Å². The monoisotopic (exact) mass is 261 g/mol. The highest BCUT2D eigenvalue weighted by Crippen LogP contribution is 1.94. The van der Waals surface area contributed by atoms with Crippen molar-refractivity contribution in [2.45, 2.75) is 12.7 Å². The molecule has 0 amide bonds. The molecule has 10 heavy (non-hydrogen) atoms. The molecule has 0 fully saturated rings. The van der Waals surface area contributed by atoms with E-state index in [2.05, 4.69) is 0 Å². The molecule has 0 aliphatic rings. The van der Waals surface area contributed by atoms with E-state index < -0.39 is 6.29 Å². The van der Waals surface area contributed by atoms with Gasteiger partial charge >= 0.3 is 0 Å². The van der Waals surface area contributed by atoms with Crippen LogP contribution in [-0.2, 0) is 0 Å². The first-order valence-electron chi connectivity index (χ1n) is 3.08. The molecule has 0 rings (SSSR count). The number of halogens is 1. The molecule has 0 atom stereocenters. The highest BCUT2D eigenvalue weighted by molar-refractivity contribution is 4.35. The molecule has 0 saturated heterocycles. The van der Waals surface area contributed by atoms with Crippen LogP contribution in [0.4, 0.5) is 0 Å². The second kappa shape index (κ2) is 5.29. The van der Waals surface area contributed by atoms with Crippen molar-refractivity contribution in [1.29, 1.82) is 0 Å². The van der Waals surface area contributed by atoms with Crippen LogP contribution in [-0.4, -0.2) is 48.7 Å². The van der Waals surface area contributed by atoms with Gasteiger partial charge in [-0.3, -0.25) is 0 Å². The van der Waals surface area contributed by atoms with E-state index in [0.29, 0.717) is 6.42 Å². The van der Waals surface area contributed by atoms with Gasteiger partial charge in [0.2, 0.25) is 0 Å². The van der Waals surface area contributed by atoms with Gasteiger partial charge in [-0.05, 0) is 0 Å². The summed E-state index contributed by atoms with van der Waals surface area (Å²) in [6.45, 7) is 0.789. The van der Waals surface area contributed by atoms with Crippen molar-refractivity contribution in [2.24, 2.45) is 0 Å². The number of aliphatic hydroxyl groups is 2. The molecule has 0 radical (unpaired) electrons. The summed E-state index contributed by atoms with van der Waals surface area (Å²) in [6, 6.07) is 0. The number of aliphatic hydroxyl groups excluding tert-OH is 1. The Kier molecular flexibility index (Phi) is 6.99. The minimum atomic E-state index is -1.15. The van der Waals surface area contributed by atoms with Gasteiger partial charge in [-0.1, -0.05) is 0 Å². The molecule has 0 aromatic heterocycles. The average Bonchev–Trinajstić information content (AvgIpc) is 1.59. The van der Waals surface area contributed by atoms with E-state index in [1.54, 1.807) is 0 Å². The first-order valence-corrected chi connectivity index (χ1v) is 3.08. The Balaban J connectivity index is 0. The number of quaternary nitrogens is 1. The van der Waals surface area contributed by atoms with Crippen molar-refractivity contribution < 1.29 is 38.7 Å². The summed E-state index contributed by atoms with van der Waals surface area (Å²) in [7, 11) is 6.05. The molecular formula is C6H16INO2. The molecule has 0 aliphatic carbocycles. The van der Waals surface area contributed by atoms with Crippen LogP contribution >= 0.6 is 0 Å². The molecule has 0 saturated carbocycles. The Labute approximate surface area is 79.3 Å². The third-order valence-electron chi connectivity index (χ3n) is 1.06. The van der Waals surface area contributed by atoms with E-state index in [-0.39, 0.29) is 24.0 Å². The van der Waals surface area contributed by atoms with E-state index in [4.69, 9.17) is 10.2 Å². The summed E-state index contributed by atoms with van der Waals surface area (Å²) in [6.07, 6.45) is -0.703. The van der Waals surface area contributed by atoms with E-state index in [9.17, 15) is 0 Å². The fourth-order valence-corrected chi connectivity index (χ4v) is 0.503. The van der Waals surface area contributed by atoms with Crippen molar-refractivity contribution in [3.63, 3.8) is 0 Å². The van der Waals surface area contributed by atoms with Crippen LogP contribution in [0.1, 0.15) is 6.42 Å². The predicted molar refractivity (Wildman–Crippen MR) is 35.7 cm³/mol. The molecule has 0 aliphatic heterocycles. The Morgan fingerprint density at radius 2 is 1.60 bits per heavy atom. The van der Waals surface area contributed by atoms with Crippen LogP contribution in [0.25, 0.3) is 0 Å². The Morgan fingerprint density at radius 3 is 1.70 bits per heavy atom. The van der Waals surface area contributed by atoms with Crippen molar-refractivity contribution in [3.8, 4) is 0 Å². The lowest BCUT2D eigenvalue weighted by atomic mass is 10.4. The van der Waals surface area contributed by atoms with Crippen molar-refractivity contribution in [2.75, 3.05) is 27.7 Å². The summed E-state index contributed by atoms with van der Waals surface area (Å²) < 4.78 is 0.775. The zero-order valence-corrected chi connectivity index (χ0v) is 8.87. The van der Waals surface area contributed by atoms with Gasteiger partial charge in [-0.15, -0.1) is 0 Å². The van der Waals surface area contributed by atoms with Gasteiger partial charge in [-0.2, -0.15) is 0 Å². The van der Waals surface area contributed by atoms with Crippen molar-refractivity contribution in [3.05, 3.63) is 0 Å². The standard InChI is InChI=1S/C6H16NO2.HI/c1-7(2,3)5-4-6(8)9;/h6,8-9H,4-5H2,1-3H3;1H/q+1;/p-1. The maximum atomic E-state index is 8.46. The molecule has 0 spiro atoms. The van der Waals surface area contributed by atoms with Crippen molar-refractivity contribution in [1.82, 2.24) is 0 Å². The van der Waals surface area contributed by atoms with Gasteiger partial charge in [0.25, 0.3) is 0 Å². The minimum Gasteiger partial charge on any atom is -1.00 e. The number of rotatable bonds is 3. The number of nitrogens with zero attached hydrogens (tertiary/aromatic N) is 1. The van der Waals surface area contributed by atoms with Crippen LogP contribution in [0, 0.1) is 0 Å². The van der Waals surface area contributed by atoms with Gasteiger partial charge < -0.3 is 38.7 Å².